The number of hydrogen-bond acceptors (Lipinski definition) is 5. The molecule has 0 unspecified atom stereocenters. The van der Waals surface area contributed by atoms with Crippen LogP contribution in [0.2, 0.25) is 0 Å². The number of hydrogen-bond donors (Lipinski definition) is 1. The molecule has 92 valence electrons. The van der Waals surface area contributed by atoms with Crippen LogP contribution < -0.4 is 5.32 Å². The SMILES string of the molecule is CNCCc1nc(-c2cc3ccccc3o2)no1. The molecule has 1 aromatic carbocycles. The third-order valence-electron chi connectivity index (χ3n) is 2.70. The lowest BCUT2D eigenvalue weighted by atomic mass is 10.2. The van der Waals surface area contributed by atoms with Crippen LogP contribution in [0, 0.1) is 0 Å². The van der Waals surface area contributed by atoms with Gasteiger partial charge in [0.05, 0.1) is 0 Å². The van der Waals surface area contributed by atoms with Crippen molar-refractivity contribution < 1.29 is 8.94 Å². The van der Waals surface area contributed by atoms with E-state index in [9.17, 15) is 0 Å². The van der Waals surface area contributed by atoms with E-state index in [1.54, 1.807) is 0 Å². The molecule has 2 aromatic heterocycles. The molecule has 1 N–H and O–H groups in total. The minimum absolute atomic E-state index is 0.498. The number of benzene rings is 1. The number of fused-ring (bicyclic) bond motifs is 1. The highest BCUT2D eigenvalue weighted by atomic mass is 16.5. The van der Waals surface area contributed by atoms with Gasteiger partial charge < -0.3 is 14.3 Å². The van der Waals surface area contributed by atoms with Crippen molar-refractivity contribution in [1.82, 2.24) is 15.5 Å². The Morgan fingerprint density at radius 2 is 2.17 bits per heavy atom. The number of aromatic nitrogens is 2. The van der Waals surface area contributed by atoms with Crippen molar-refractivity contribution in [3.63, 3.8) is 0 Å². The van der Waals surface area contributed by atoms with E-state index < -0.39 is 0 Å². The van der Waals surface area contributed by atoms with Crippen LogP contribution in [0.4, 0.5) is 0 Å². The van der Waals surface area contributed by atoms with E-state index in [1.165, 1.54) is 0 Å². The quantitative estimate of drug-likeness (QED) is 0.761. The normalized spacial score (nSPS) is 11.2. The van der Waals surface area contributed by atoms with Crippen molar-refractivity contribution in [3.05, 3.63) is 36.2 Å². The van der Waals surface area contributed by atoms with Gasteiger partial charge >= 0.3 is 0 Å². The zero-order valence-corrected chi connectivity index (χ0v) is 10.0. The predicted molar refractivity (Wildman–Crippen MR) is 67.1 cm³/mol. The number of nitrogens with zero attached hydrogens (tertiary/aromatic N) is 2. The lowest BCUT2D eigenvalue weighted by molar-refractivity contribution is 0.377. The van der Waals surface area contributed by atoms with Gasteiger partial charge in [-0.15, -0.1) is 0 Å². The molecule has 0 atom stereocenters. The van der Waals surface area contributed by atoms with Crippen molar-refractivity contribution in [3.8, 4) is 11.6 Å². The molecule has 0 aliphatic rings. The van der Waals surface area contributed by atoms with Gasteiger partial charge in [-0.25, -0.2) is 0 Å². The Kier molecular flexibility index (Phi) is 2.82. The monoisotopic (exact) mass is 243 g/mol. The molecule has 3 rings (SSSR count). The van der Waals surface area contributed by atoms with Gasteiger partial charge in [-0.05, 0) is 19.2 Å². The Morgan fingerprint density at radius 3 is 3.00 bits per heavy atom. The van der Waals surface area contributed by atoms with Crippen LogP contribution in [-0.4, -0.2) is 23.7 Å². The number of rotatable bonds is 4. The van der Waals surface area contributed by atoms with E-state index in [0.29, 0.717) is 23.9 Å². The van der Waals surface area contributed by atoms with Crippen molar-refractivity contribution in [2.24, 2.45) is 0 Å². The van der Waals surface area contributed by atoms with Crippen LogP contribution in [0.25, 0.3) is 22.6 Å². The number of nitrogens with one attached hydrogen (secondary N) is 1. The average molecular weight is 243 g/mol. The molecule has 2 heterocycles. The lowest BCUT2D eigenvalue weighted by Gasteiger charge is -1.90. The molecule has 0 aliphatic carbocycles. The van der Waals surface area contributed by atoms with E-state index in [4.69, 9.17) is 8.94 Å². The summed E-state index contributed by atoms with van der Waals surface area (Å²) in [5.74, 6) is 1.74. The lowest BCUT2D eigenvalue weighted by Crippen LogP contribution is -2.10. The smallest absolute Gasteiger partial charge is 0.238 e. The zero-order valence-electron chi connectivity index (χ0n) is 10.0. The Balaban J connectivity index is 1.91. The Morgan fingerprint density at radius 1 is 1.28 bits per heavy atom. The molecular weight excluding hydrogens is 230 g/mol. The van der Waals surface area contributed by atoms with Crippen LogP contribution >= 0.6 is 0 Å². The maximum atomic E-state index is 5.67. The van der Waals surface area contributed by atoms with Gasteiger partial charge in [0, 0.05) is 18.4 Å². The van der Waals surface area contributed by atoms with Gasteiger partial charge in [0.2, 0.25) is 11.7 Å². The fraction of sp³-hybridized carbons (Fsp3) is 0.231. The van der Waals surface area contributed by atoms with Gasteiger partial charge in [0.15, 0.2) is 5.76 Å². The molecule has 5 heteroatoms. The molecule has 0 radical (unpaired) electrons. The zero-order chi connectivity index (χ0) is 12.4. The summed E-state index contributed by atoms with van der Waals surface area (Å²) < 4.78 is 10.8. The standard InChI is InChI=1S/C13H13N3O2/c1-14-7-6-12-15-13(16-18-12)11-8-9-4-2-3-5-10(9)17-11/h2-5,8,14H,6-7H2,1H3. The van der Waals surface area contributed by atoms with Crippen LogP contribution in [0.3, 0.4) is 0 Å². The topological polar surface area (TPSA) is 64.1 Å². The summed E-state index contributed by atoms with van der Waals surface area (Å²) in [4.78, 5) is 4.30. The second-order valence-corrected chi connectivity index (χ2v) is 4.01. The van der Waals surface area contributed by atoms with E-state index >= 15 is 0 Å². The highest BCUT2D eigenvalue weighted by Gasteiger charge is 2.12. The first-order valence-electron chi connectivity index (χ1n) is 5.83. The Bertz CT molecular complexity index is 624. The van der Waals surface area contributed by atoms with Crippen LogP contribution in [0.15, 0.2) is 39.3 Å². The first kappa shape index (κ1) is 11.0. The molecule has 3 aromatic rings. The summed E-state index contributed by atoms with van der Waals surface area (Å²) in [6.45, 7) is 0.807. The van der Waals surface area contributed by atoms with E-state index in [0.717, 1.165) is 17.5 Å². The van der Waals surface area contributed by atoms with Gasteiger partial charge in [-0.1, -0.05) is 23.4 Å². The third-order valence-corrected chi connectivity index (χ3v) is 2.70. The molecule has 0 amide bonds. The largest absolute Gasteiger partial charge is 0.453 e. The van der Waals surface area contributed by atoms with Gasteiger partial charge in [0.1, 0.15) is 5.58 Å². The molecular formula is C13H13N3O2. The predicted octanol–water partition coefficient (Wildman–Crippen LogP) is 2.24. The van der Waals surface area contributed by atoms with Gasteiger partial charge in [-0.3, -0.25) is 0 Å². The Labute approximate surface area is 104 Å². The maximum absolute atomic E-state index is 5.67. The second-order valence-electron chi connectivity index (χ2n) is 4.01. The van der Waals surface area contributed by atoms with Crippen LogP contribution in [0.5, 0.6) is 0 Å². The highest BCUT2D eigenvalue weighted by Crippen LogP contribution is 2.25. The molecule has 18 heavy (non-hydrogen) atoms. The summed E-state index contributed by atoms with van der Waals surface area (Å²) >= 11 is 0. The van der Waals surface area contributed by atoms with Crippen molar-refractivity contribution in [1.29, 1.82) is 0 Å². The fourth-order valence-corrected chi connectivity index (χ4v) is 1.78. The summed E-state index contributed by atoms with van der Waals surface area (Å²) in [5, 5.41) is 8.00. The van der Waals surface area contributed by atoms with Crippen molar-refractivity contribution in [2.45, 2.75) is 6.42 Å². The van der Waals surface area contributed by atoms with E-state index in [1.807, 2.05) is 37.4 Å². The first-order chi connectivity index (χ1) is 8.86. The molecule has 0 aliphatic heterocycles. The second kappa shape index (κ2) is 4.62. The summed E-state index contributed by atoms with van der Waals surface area (Å²) in [6, 6.07) is 9.73. The molecule has 0 fully saturated rings. The summed E-state index contributed by atoms with van der Waals surface area (Å²) in [7, 11) is 1.89. The summed E-state index contributed by atoms with van der Waals surface area (Å²) in [5.41, 5.74) is 0.828. The Hall–Kier alpha value is -2.14. The first-order valence-corrected chi connectivity index (χ1v) is 5.83. The fourth-order valence-electron chi connectivity index (χ4n) is 1.78. The van der Waals surface area contributed by atoms with Crippen LogP contribution in [0.1, 0.15) is 5.89 Å². The molecule has 0 saturated carbocycles. The molecule has 0 bridgehead atoms. The summed E-state index contributed by atoms with van der Waals surface area (Å²) in [6.07, 6.45) is 0.712. The minimum Gasteiger partial charge on any atom is -0.453 e. The molecule has 0 saturated heterocycles. The van der Waals surface area contributed by atoms with Crippen LogP contribution in [-0.2, 0) is 6.42 Å². The van der Waals surface area contributed by atoms with Gasteiger partial charge in [0.25, 0.3) is 0 Å². The number of para-hydroxylation sites is 1. The van der Waals surface area contributed by atoms with Crippen molar-refractivity contribution >= 4 is 11.0 Å². The molecule has 0 spiro atoms. The van der Waals surface area contributed by atoms with E-state index in [-0.39, 0.29) is 0 Å². The van der Waals surface area contributed by atoms with E-state index in [2.05, 4.69) is 15.5 Å². The van der Waals surface area contributed by atoms with Gasteiger partial charge in [-0.2, -0.15) is 4.98 Å². The number of likely N-dealkylation sites (N-methyl/N-ethyl adjacent to an activating group) is 1. The average Bonchev–Trinajstić information content (AvgIpc) is 3.02. The molecule has 5 nitrogen and oxygen atoms in total. The highest BCUT2D eigenvalue weighted by molar-refractivity contribution is 5.81. The minimum atomic E-state index is 0.498. The number of furan rings is 1. The maximum Gasteiger partial charge on any atom is 0.238 e. The van der Waals surface area contributed by atoms with Crippen molar-refractivity contribution in [2.75, 3.05) is 13.6 Å². The third kappa shape index (κ3) is 2.00.